The molecule has 2 unspecified atom stereocenters. The van der Waals surface area contributed by atoms with E-state index >= 15 is 0 Å². The van der Waals surface area contributed by atoms with Gasteiger partial charge in [-0.1, -0.05) is 0 Å². The molecule has 4 rings (SSSR count). The van der Waals surface area contributed by atoms with E-state index in [4.69, 9.17) is 40.9 Å². The summed E-state index contributed by atoms with van der Waals surface area (Å²) in [6, 6.07) is 1.01. The third-order valence-electron chi connectivity index (χ3n) is 8.33. The number of nitrogens with one attached hydrogen (secondary N) is 1. The summed E-state index contributed by atoms with van der Waals surface area (Å²) in [5, 5.41) is 85.9. The van der Waals surface area contributed by atoms with Gasteiger partial charge in [0, 0.05) is 18.2 Å². The molecule has 0 aromatic heterocycles. The molecule has 1 aromatic carbocycles. The summed E-state index contributed by atoms with van der Waals surface area (Å²) in [7, 11) is 0. The SMILES string of the molecule is CC(=O)Nc1ccc(C(=O)[C@]2(CO)O[C@H](OC3[C@@H](CO)O[C@@H](OC4[C@@H](CO)O[C@@H](O)[C@H](N)[C@H]4O)[C@H](N)[C@H]3O)[C@H](N)[C@@H](O)[C@@H]2O)cc1. The molecule has 3 aliphatic heterocycles. The average molecular weight is 663 g/mol. The van der Waals surface area contributed by atoms with Crippen LogP contribution in [0.1, 0.15) is 17.3 Å². The van der Waals surface area contributed by atoms with Crippen molar-refractivity contribution < 1.29 is 74.1 Å². The van der Waals surface area contributed by atoms with Gasteiger partial charge in [-0.05, 0) is 24.3 Å². The Labute approximate surface area is 262 Å². The monoisotopic (exact) mass is 662 g/mol. The number of benzene rings is 1. The van der Waals surface area contributed by atoms with Gasteiger partial charge in [0.1, 0.15) is 48.8 Å². The van der Waals surface area contributed by atoms with Crippen LogP contribution in [0.25, 0.3) is 0 Å². The van der Waals surface area contributed by atoms with Crippen molar-refractivity contribution in [1.82, 2.24) is 0 Å². The molecule has 1 aromatic rings. The van der Waals surface area contributed by atoms with E-state index in [1.807, 2.05) is 0 Å². The minimum atomic E-state index is -2.52. The number of aliphatic hydroxyl groups is 8. The van der Waals surface area contributed by atoms with Crippen LogP contribution in [0.5, 0.6) is 0 Å². The second-order valence-corrected chi connectivity index (χ2v) is 11.4. The molecule has 46 heavy (non-hydrogen) atoms. The fourth-order valence-electron chi connectivity index (χ4n) is 5.62. The van der Waals surface area contributed by atoms with Crippen LogP contribution in [-0.2, 0) is 28.5 Å². The number of anilines is 1. The number of carbonyl (C=O) groups excluding carboxylic acids is 2. The van der Waals surface area contributed by atoms with E-state index in [2.05, 4.69) is 5.32 Å². The van der Waals surface area contributed by atoms with Crippen LogP contribution in [0.4, 0.5) is 5.69 Å². The zero-order chi connectivity index (χ0) is 34.1. The molecule has 19 heteroatoms. The number of ether oxygens (including phenoxy) is 5. The molecule has 3 saturated heterocycles. The fraction of sp³-hybridized carbons (Fsp3) is 0.704. The maximum absolute atomic E-state index is 13.6. The van der Waals surface area contributed by atoms with Crippen LogP contribution < -0.4 is 22.5 Å². The smallest absolute Gasteiger partial charge is 0.221 e. The van der Waals surface area contributed by atoms with Crippen LogP contribution in [0.3, 0.4) is 0 Å². The van der Waals surface area contributed by atoms with E-state index in [0.29, 0.717) is 5.69 Å². The van der Waals surface area contributed by atoms with Crippen molar-refractivity contribution >= 4 is 17.4 Å². The van der Waals surface area contributed by atoms with E-state index in [1.54, 1.807) is 0 Å². The second kappa shape index (κ2) is 14.9. The topological polar surface area (TPSA) is 332 Å². The number of aliphatic hydroxyl groups excluding tert-OH is 8. The van der Waals surface area contributed by atoms with E-state index in [1.165, 1.54) is 31.2 Å². The number of carbonyl (C=O) groups is 2. The highest BCUT2D eigenvalue weighted by Crippen LogP contribution is 2.36. The van der Waals surface area contributed by atoms with E-state index in [0.717, 1.165) is 0 Å². The van der Waals surface area contributed by atoms with Gasteiger partial charge in [-0.25, -0.2) is 0 Å². The van der Waals surface area contributed by atoms with E-state index < -0.39 is 117 Å². The number of ketones is 1. The van der Waals surface area contributed by atoms with Crippen molar-refractivity contribution in [2.24, 2.45) is 17.2 Å². The summed E-state index contributed by atoms with van der Waals surface area (Å²) < 4.78 is 28.2. The van der Waals surface area contributed by atoms with Crippen molar-refractivity contribution in [2.45, 2.75) is 98.4 Å². The molecule has 3 fully saturated rings. The lowest BCUT2D eigenvalue weighted by Gasteiger charge is -2.50. The molecule has 15 N–H and O–H groups in total. The third kappa shape index (κ3) is 6.96. The van der Waals surface area contributed by atoms with Gasteiger partial charge in [0.05, 0.1) is 37.9 Å². The summed E-state index contributed by atoms with van der Waals surface area (Å²) in [6.07, 6.45) is -17.9. The van der Waals surface area contributed by atoms with Gasteiger partial charge in [0.25, 0.3) is 0 Å². The van der Waals surface area contributed by atoms with Crippen LogP contribution >= 0.6 is 0 Å². The van der Waals surface area contributed by atoms with Gasteiger partial charge in [0.15, 0.2) is 30.3 Å². The van der Waals surface area contributed by atoms with Crippen LogP contribution in [-0.4, -0.2) is 164 Å². The van der Waals surface area contributed by atoms with Crippen molar-refractivity contribution in [2.75, 3.05) is 25.1 Å². The number of amides is 1. The van der Waals surface area contributed by atoms with Gasteiger partial charge in [-0.3, -0.25) is 9.59 Å². The Kier molecular flexibility index (Phi) is 11.8. The summed E-state index contributed by atoms with van der Waals surface area (Å²) >= 11 is 0. The van der Waals surface area contributed by atoms with Crippen molar-refractivity contribution in [3.63, 3.8) is 0 Å². The molecule has 3 heterocycles. The summed E-state index contributed by atoms with van der Waals surface area (Å²) in [4.78, 5) is 24.9. The lowest BCUT2D eigenvalue weighted by molar-refractivity contribution is -0.354. The normalized spacial score (nSPS) is 43.2. The van der Waals surface area contributed by atoms with Gasteiger partial charge >= 0.3 is 0 Å². The predicted octanol–water partition coefficient (Wildman–Crippen LogP) is -6.46. The molecule has 19 nitrogen and oxygen atoms in total. The first-order chi connectivity index (χ1) is 21.7. The van der Waals surface area contributed by atoms with Gasteiger partial charge in [0.2, 0.25) is 5.91 Å². The molecular weight excluding hydrogens is 620 g/mol. The second-order valence-electron chi connectivity index (χ2n) is 11.4. The quantitative estimate of drug-likeness (QED) is 0.104. The first-order valence-corrected chi connectivity index (χ1v) is 14.4. The summed E-state index contributed by atoms with van der Waals surface area (Å²) in [5.74, 6) is -1.34. The number of hydrogen-bond acceptors (Lipinski definition) is 18. The Hall–Kier alpha value is -2.28. The molecule has 15 atom stereocenters. The number of hydrogen-bond donors (Lipinski definition) is 12. The Balaban J connectivity index is 1.54. The molecule has 3 aliphatic rings. The number of nitrogens with two attached hydrogens (primary N) is 3. The Bertz CT molecular complexity index is 1190. The first-order valence-electron chi connectivity index (χ1n) is 14.4. The highest BCUT2D eigenvalue weighted by atomic mass is 16.7. The Morgan fingerprint density at radius 2 is 1.33 bits per heavy atom. The number of rotatable bonds is 10. The van der Waals surface area contributed by atoms with Gasteiger partial charge in [-0.15, -0.1) is 0 Å². The minimum Gasteiger partial charge on any atom is -0.394 e. The van der Waals surface area contributed by atoms with E-state index in [-0.39, 0.29) is 11.5 Å². The maximum atomic E-state index is 13.6. The summed E-state index contributed by atoms with van der Waals surface area (Å²) in [5.41, 5.74) is 15.7. The van der Waals surface area contributed by atoms with Crippen LogP contribution in [0.2, 0.25) is 0 Å². The molecule has 0 saturated carbocycles. The Morgan fingerprint density at radius 1 is 0.804 bits per heavy atom. The first kappa shape index (κ1) is 36.6. The van der Waals surface area contributed by atoms with Crippen molar-refractivity contribution in [1.29, 1.82) is 0 Å². The zero-order valence-electron chi connectivity index (χ0n) is 24.7. The minimum absolute atomic E-state index is 0.0813. The van der Waals surface area contributed by atoms with Crippen LogP contribution in [0, 0.1) is 0 Å². The molecule has 1 amide bonds. The van der Waals surface area contributed by atoms with E-state index in [9.17, 15) is 50.4 Å². The largest absolute Gasteiger partial charge is 0.394 e. The standard InChI is InChI=1S/C27H42N4O15/c1-9(35)31-11-4-2-10(3-5-11)22(39)27(8-34)23(40)19(38)16(30)26(46-27)45-21-13(7-33)43-25(15(29)18(21)37)44-20-12(6-32)42-24(41)14(28)17(20)36/h2-5,12-21,23-26,32-34,36-38,40-41H,6-8,28-30H2,1H3,(H,31,35)/t12-,13-,14-,15-,16-,17-,18-,19-,20?,21?,23+,24-,25+,26+,27+/m1/s1. The number of Topliss-reactive ketones (excluding diaryl/α,β-unsaturated/α-hetero) is 1. The lowest BCUT2D eigenvalue weighted by Crippen LogP contribution is -2.73. The predicted molar refractivity (Wildman–Crippen MR) is 151 cm³/mol. The highest BCUT2D eigenvalue weighted by molar-refractivity contribution is 6.03. The fourth-order valence-corrected chi connectivity index (χ4v) is 5.62. The zero-order valence-corrected chi connectivity index (χ0v) is 24.7. The lowest BCUT2D eigenvalue weighted by atomic mass is 9.80. The van der Waals surface area contributed by atoms with Crippen molar-refractivity contribution in [3.05, 3.63) is 29.8 Å². The molecular formula is C27H42N4O15. The third-order valence-corrected chi connectivity index (χ3v) is 8.33. The summed E-state index contributed by atoms with van der Waals surface area (Å²) in [6.45, 7) is -1.39. The molecule has 0 bridgehead atoms. The molecule has 260 valence electrons. The van der Waals surface area contributed by atoms with Gasteiger partial charge in [-0.2, -0.15) is 0 Å². The Morgan fingerprint density at radius 3 is 1.87 bits per heavy atom. The molecule has 0 aliphatic carbocycles. The van der Waals surface area contributed by atoms with Crippen LogP contribution in [0.15, 0.2) is 24.3 Å². The highest BCUT2D eigenvalue weighted by Gasteiger charge is 2.59. The van der Waals surface area contributed by atoms with Gasteiger partial charge < -0.3 is 87.1 Å². The molecule has 0 radical (unpaired) electrons. The van der Waals surface area contributed by atoms with Crippen molar-refractivity contribution in [3.8, 4) is 0 Å². The maximum Gasteiger partial charge on any atom is 0.221 e. The molecule has 0 spiro atoms. The average Bonchev–Trinajstić information content (AvgIpc) is 3.04.